The lowest BCUT2D eigenvalue weighted by atomic mass is 10.0. The predicted molar refractivity (Wildman–Crippen MR) is 129 cm³/mol. The minimum absolute atomic E-state index is 0.0212. The van der Waals surface area contributed by atoms with Gasteiger partial charge >= 0.3 is 0 Å². The Labute approximate surface area is 188 Å². The van der Waals surface area contributed by atoms with Crippen LogP contribution in [0.5, 0.6) is 0 Å². The average Bonchev–Trinajstić information content (AvgIpc) is 2.83. The molecular formula is C28H26N2O2. The highest BCUT2D eigenvalue weighted by Gasteiger charge is 2.35. The molecule has 0 aliphatic carbocycles. The van der Waals surface area contributed by atoms with Gasteiger partial charge in [0.05, 0.1) is 0 Å². The third-order valence-electron chi connectivity index (χ3n) is 6.50. The fourth-order valence-corrected chi connectivity index (χ4v) is 4.67. The smallest absolute Gasteiger partial charge is 0.254 e. The van der Waals surface area contributed by atoms with Gasteiger partial charge in [0, 0.05) is 36.3 Å². The van der Waals surface area contributed by atoms with Gasteiger partial charge in [-0.2, -0.15) is 0 Å². The van der Waals surface area contributed by atoms with Crippen LogP contribution in [0, 0.1) is 0 Å². The number of hydrogen-bond donors (Lipinski definition) is 0. The standard InChI is InChI=1S/C28H26N2O2/c1-19-17-30(28(32)26-14-12-22-8-4-6-10-24(22)16-26)20(2)18-29(19)27(31)25-13-11-21-7-3-5-9-23(21)15-25/h3-16,19-20H,17-18H2,1-2H3/t19-,20+. The Balaban J connectivity index is 1.36. The number of nitrogens with zero attached hydrogens (tertiary/aromatic N) is 2. The largest absolute Gasteiger partial charge is 0.332 e. The number of amides is 2. The van der Waals surface area contributed by atoms with Crippen molar-refractivity contribution in [2.75, 3.05) is 13.1 Å². The molecular weight excluding hydrogens is 396 g/mol. The molecule has 1 fully saturated rings. The third-order valence-corrected chi connectivity index (χ3v) is 6.50. The lowest BCUT2D eigenvalue weighted by Crippen LogP contribution is -2.59. The van der Waals surface area contributed by atoms with Crippen LogP contribution in [0.15, 0.2) is 84.9 Å². The molecule has 0 unspecified atom stereocenters. The molecule has 0 saturated carbocycles. The number of hydrogen-bond acceptors (Lipinski definition) is 2. The Bertz CT molecular complexity index is 1230. The quantitative estimate of drug-likeness (QED) is 0.436. The van der Waals surface area contributed by atoms with E-state index in [4.69, 9.17) is 0 Å². The monoisotopic (exact) mass is 422 g/mol. The number of rotatable bonds is 2. The normalized spacial score (nSPS) is 18.8. The van der Waals surface area contributed by atoms with Crippen molar-refractivity contribution in [2.24, 2.45) is 0 Å². The number of carbonyl (C=O) groups is 2. The van der Waals surface area contributed by atoms with Gasteiger partial charge in [-0.15, -0.1) is 0 Å². The molecule has 160 valence electrons. The molecule has 0 spiro atoms. The highest BCUT2D eigenvalue weighted by molar-refractivity contribution is 6.00. The predicted octanol–water partition coefficient (Wildman–Crippen LogP) is 5.37. The zero-order valence-electron chi connectivity index (χ0n) is 18.4. The molecule has 32 heavy (non-hydrogen) atoms. The fraction of sp³-hybridized carbons (Fsp3) is 0.214. The van der Waals surface area contributed by atoms with Gasteiger partial charge in [0.25, 0.3) is 11.8 Å². The Hall–Kier alpha value is -3.66. The highest BCUT2D eigenvalue weighted by atomic mass is 16.2. The van der Waals surface area contributed by atoms with Crippen LogP contribution in [0.3, 0.4) is 0 Å². The van der Waals surface area contributed by atoms with Crippen molar-refractivity contribution in [3.63, 3.8) is 0 Å². The topological polar surface area (TPSA) is 40.6 Å². The van der Waals surface area contributed by atoms with Gasteiger partial charge in [0.2, 0.25) is 0 Å². The molecule has 1 saturated heterocycles. The summed E-state index contributed by atoms with van der Waals surface area (Å²) in [6.07, 6.45) is 0. The second-order valence-electron chi connectivity index (χ2n) is 8.74. The minimum atomic E-state index is -0.0606. The summed E-state index contributed by atoms with van der Waals surface area (Å²) < 4.78 is 0. The number of benzene rings is 4. The van der Waals surface area contributed by atoms with Crippen molar-refractivity contribution in [2.45, 2.75) is 25.9 Å². The number of fused-ring (bicyclic) bond motifs is 2. The van der Waals surface area contributed by atoms with E-state index in [1.165, 1.54) is 0 Å². The van der Waals surface area contributed by atoms with Crippen LogP contribution in [0.25, 0.3) is 21.5 Å². The van der Waals surface area contributed by atoms with Crippen molar-refractivity contribution >= 4 is 33.4 Å². The fourth-order valence-electron chi connectivity index (χ4n) is 4.67. The van der Waals surface area contributed by atoms with Gasteiger partial charge in [-0.3, -0.25) is 9.59 Å². The van der Waals surface area contributed by atoms with Gasteiger partial charge in [-0.05, 0) is 59.7 Å². The van der Waals surface area contributed by atoms with Crippen LogP contribution in [0.2, 0.25) is 0 Å². The van der Waals surface area contributed by atoms with Crippen LogP contribution in [0.1, 0.15) is 34.6 Å². The van der Waals surface area contributed by atoms with Crippen LogP contribution >= 0.6 is 0 Å². The molecule has 4 heteroatoms. The molecule has 1 aliphatic rings. The molecule has 2 atom stereocenters. The summed E-state index contributed by atoms with van der Waals surface area (Å²) in [4.78, 5) is 30.4. The maximum atomic E-state index is 13.3. The van der Waals surface area contributed by atoms with Crippen LogP contribution in [-0.2, 0) is 0 Å². The Morgan fingerprint density at radius 1 is 0.594 bits per heavy atom. The van der Waals surface area contributed by atoms with Gasteiger partial charge in [-0.25, -0.2) is 0 Å². The van der Waals surface area contributed by atoms with E-state index in [0.29, 0.717) is 24.2 Å². The van der Waals surface area contributed by atoms with E-state index in [-0.39, 0.29) is 23.9 Å². The molecule has 5 rings (SSSR count). The van der Waals surface area contributed by atoms with Crippen LogP contribution < -0.4 is 0 Å². The van der Waals surface area contributed by atoms with Crippen molar-refractivity contribution in [1.29, 1.82) is 0 Å². The number of carbonyl (C=O) groups excluding carboxylic acids is 2. The van der Waals surface area contributed by atoms with E-state index in [9.17, 15) is 9.59 Å². The van der Waals surface area contributed by atoms with Gasteiger partial charge in [0.15, 0.2) is 0 Å². The molecule has 0 aromatic heterocycles. The highest BCUT2D eigenvalue weighted by Crippen LogP contribution is 2.24. The maximum Gasteiger partial charge on any atom is 0.254 e. The van der Waals surface area contributed by atoms with E-state index in [1.54, 1.807) is 0 Å². The van der Waals surface area contributed by atoms with Crippen molar-refractivity contribution in [3.8, 4) is 0 Å². The molecule has 0 bridgehead atoms. The van der Waals surface area contributed by atoms with Gasteiger partial charge < -0.3 is 9.80 Å². The second kappa shape index (κ2) is 8.12. The molecule has 0 N–H and O–H groups in total. The van der Waals surface area contributed by atoms with E-state index < -0.39 is 0 Å². The summed E-state index contributed by atoms with van der Waals surface area (Å²) in [6.45, 7) is 5.08. The van der Waals surface area contributed by atoms with E-state index >= 15 is 0 Å². The molecule has 4 aromatic rings. The van der Waals surface area contributed by atoms with Gasteiger partial charge in [0.1, 0.15) is 0 Å². The van der Waals surface area contributed by atoms with E-state index in [2.05, 4.69) is 0 Å². The number of piperazine rings is 1. The summed E-state index contributed by atoms with van der Waals surface area (Å²) >= 11 is 0. The average molecular weight is 423 g/mol. The molecule has 0 radical (unpaired) electrons. The maximum absolute atomic E-state index is 13.3. The first-order valence-electron chi connectivity index (χ1n) is 11.1. The van der Waals surface area contributed by atoms with Crippen molar-refractivity contribution < 1.29 is 9.59 Å². The first-order chi connectivity index (χ1) is 15.5. The third kappa shape index (κ3) is 3.62. The summed E-state index contributed by atoms with van der Waals surface area (Å²) in [5.41, 5.74) is 1.38. The van der Waals surface area contributed by atoms with Gasteiger partial charge in [-0.1, -0.05) is 60.7 Å². The lowest BCUT2D eigenvalue weighted by molar-refractivity contribution is 0.0270. The summed E-state index contributed by atoms with van der Waals surface area (Å²) in [6, 6.07) is 27.7. The Morgan fingerprint density at radius 2 is 0.969 bits per heavy atom. The molecule has 1 aliphatic heterocycles. The summed E-state index contributed by atoms with van der Waals surface area (Å²) in [7, 11) is 0. The lowest BCUT2D eigenvalue weighted by Gasteiger charge is -2.44. The summed E-state index contributed by atoms with van der Waals surface area (Å²) in [5.74, 6) is 0.0424. The van der Waals surface area contributed by atoms with Crippen molar-refractivity contribution in [1.82, 2.24) is 9.80 Å². The summed E-state index contributed by atoms with van der Waals surface area (Å²) in [5, 5.41) is 4.36. The Morgan fingerprint density at radius 3 is 1.38 bits per heavy atom. The SMILES string of the molecule is C[C@@H]1CN(C(=O)c2ccc3ccccc3c2)[C@@H](C)CN1C(=O)c1ccc2ccccc2c1. The molecule has 4 aromatic carbocycles. The second-order valence-corrected chi connectivity index (χ2v) is 8.74. The minimum Gasteiger partial charge on any atom is -0.332 e. The zero-order valence-corrected chi connectivity index (χ0v) is 18.4. The van der Waals surface area contributed by atoms with E-state index in [1.807, 2.05) is 109 Å². The molecule has 2 amide bonds. The molecule has 1 heterocycles. The van der Waals surface area contributed by atoms with E-state index in [0.717, 1.165) is 21.5 Å². The molecule has 4 nitrogen and oxygen atoms in total. The van der Waals surface area contributed by atoms with Crippen molar-refractivity contribution in [3.05, 3.63) is 96.1 Å². The zero-order chi connectivity index (χ0) is 22.2. The Kier molecular flexibility index (Phi) is 5.14. The first kappa shape index (κ1) is 20.3. The van der Waals surface area contributed by atoms with Crippen LogP contribution in [0.4, 0.5) is 0 Å². The first-order valence-corrected chi connectivity index (χ1v) is 11.1. The van der Waals surface area contributed by atoms with Crippen LogP contribution in [-0.4, -0.2) is 46.8 Å².